The fraction of sp³-hybridized carbons (Fsp3) is 0.750. The van der Waals surface area contributed by atoms with Gasteiger partial charge in [0.15, 0.2) is 0 Å². The van der Waals surface area contributed by atoms with Gasteiger partial charge in [0.1, 0.15) is 0 Å². The average molecular weight is 171 g/mol. The Bertz CT molecular complexity index is 210. The quantitative estimate of drug-likeness (QED) is 0.588. The number of ether oxygens (including phenoxy) is 1. The number of carbonyl (C=O) groups is 1. The van der Waals surface area contributed by atoms with Crippen molar-refractivity contribution in [2.24, 2.45) is 11.1 Å². The zero-order valence-corrected chi connectivity index (χ0v) is 7.53. The monoisotopic (exact) mass is 171 g/mol. The lowest BCUT2D eigenvalue weighted by Gasteiger charge is -2.07. The van der Waals surface area contributed by atoms with E-state index in [1.54, 1.807) is 0 Å². The van der Waals surface area contributed by atoms with Crippen LogP contribution >= 0.6 is 0 Å². The Balaban J connectivity index is 2.36. The highest BCUT2D eigenvalue weighted by atomic mass is 16.8. The molecule has 0 amide bonds. The van der Waals surface area contributed by atoms with Gasteiger partial charge in [0.05, 0.1) is 12.1 Å². The van der Waals surface area contributed by atoms with Gasteiger partial charge >= 0.3 is 5.97 Å². The fourth-order valence-electron chi connectivity index (χ4n) is 0.961. The molecule has 12 heavy (non-hydrogen) atoms. The van der Waals surface area contributed by atoms with Crippen LogP contribution in [-0.2, 0) is 14.4 Å². The Morgan fingerprint density at radius 2 is 2.42 bits per heavy atom. The van der Waals surface area contributed by atoms with Gasteiger partial charge in [-0.2, -0.15) is 0 Å². The van der Waals surface area contributed by atoms with E-state index in [0.717, 1.165) is 5.71 Å². The van der Waals surface area contributed by atoms with Crippen LogP contribution in [0.1, 0.15) is 27.2 Å². The van der Waals surface area contributed by atoms with Gasteiger partial charge in [-0.1, -0.05) is 19.0 Å². The SMILES string of the molecule is CC(=O)OC1CC(C(C)C)=NO1. The summed E-state index contributed by atoms with van der Waals surface area (Å²) >= 11 is 0. The van der Waals surface area contributed by atoms with Gasteiger partial charge in [-0.3, -0.25) is 4.79 Å². The molecule has 0 bridgehead atoms. The molecular formula is C8H13NO3. The zero-order chi connectivity index (χ0) is 9.14. The predicted octanol–water partition coefficient (Wildman–Crippen LogP) is 1.31. The Labute approximate surface area is 71.5 Å². The van der Waals surface area contributed by atoms with Crippen LogP contribution in [-0.4, -0.2) is 18.0 Å². The van der Waals surface area contributed by atoms with E-state index in [9.17, 15) is 4.79 Å². The van der Waals surface area contributed by atoms with Crippen molar-refractivity contribution >= 4 is 11.7 Å². The molecule has 1 heterocycles. The largest absolute Gasteiger partial charge is 0.423 e. The molecule has 4 nitrogen and oxygen atoms in total. The summed E-state index contributed by atoms with van der Waals surface area (Å²) in [6, 6.07) is 0. The summed E-state index contributed by atoms with van der Waals surface area (Å²) < 4.78 is 4.82. The third-order valence-electron chi connectivity index (χ3n) is 1.63. The molecule has 4 heteroatoms. The van der Waals surface area contributed by atoms with Gasteiger partial charge < -0.3 is 9.57 Å². The molecule has 0 saturated heterocycles. The van der Waals surface area contributed by atoms with Crippen molar-refractivity contribution in [1.29, 1.82) is 0 Å². The summed E-state index contributed by atoms with van der Waals surface area (Å²) in [6.07, 6.45) is 0.0944. The topological polar surface area (TPSA) is 47.9 Å². The molecule has 1 rings (SSSR count). The summed E-state index contributed by atoms with van der Waals surface area (Å²) in [5.74, 6) is 0.0192. The molecule has 0 aromatic carbocycles. The van der Waals surface area contributed by atoms with Gasteiger partial charge in [0.2, 0.25) is 0 Å². The number of carbonyl (C=O) groups excluding carboxylic acids is 1. The normalized spacial score (nSPS) is 22.0. The summed E-state index contributed by atoms with van der Waals surface area (Å²) in [5, 5.41) is 3.81. The maximum Gasteiger partial charge on any atom is 0.305 e. The van der Waals surface area contributed by atoms with Gasteiger partial charge in [-0.25, -0.2) is 0 Å². The minimum Gasteiger partial charge on any atom is -0.423 e. The molecule has 0 spiro atoms. The lowest BCUT2D eigenvalue weighted by molar-refractivity contribution is -0.170. The van der Waals surface area contributed by atoms with Gasteiger partial charge in [0, 0.05) is 6.92 Å². The molecule has 1 aliphatic rings. The van der Waals surface area contributed by atoms with Crippen molar-refractivity contribution in [3.8, 4) is 0 Å². The average Bonchev–Trinajstić information content (AvgIpc) is 2.34. The standard InChI is InChI=1S/C8H13NO3/c1-5(2)7-4-8(12-9-7)11-6(3)10/h5,8H,4H2,1-3H3. The van der Waals surface area contributed by atoms with Crippen LogP contribution in [0.5, 0.6) is 0 Å². The number of hydrogen-bond donors (Lipinski definition) is 0. The molecule has 0 aromatic rings. The highest BCUT2D eigenvalue weighted by Gasteiger charge is 2.24. The first kappa shape index (κ1) is 9.03. The van der Waals surface area contributed by atoms with E-state index < -0.39 is 6.29 Å². The van der Waals surface area contributed by atoms with Crippen LogP contribution in [0.15, 0.2) is 5.16 Å². The van der Waals surface area contributed by atoms with Gasteiger partial charge in [-0.05, 0) is 5.92 Å². The molecule has 1 unspecified atom stereocenters. The van der Waals surface area contributed by atoms with Crippen molar-refractivity contribution in [1.82, 2.24) is 0 Å². The second kappa shape index (κ2) is 3.56. The first-order valence-electron chi connectivity index (χ1n) is 3.99. The van der Waals surface area contributed by atoms with Crippen molar-refractivity contribution in [2.75, 3.05) is 0 Å². The van der Waals surface area contributed by atoms with Crippen molar-refractivity contribution in [2.45, 2.75) is 33.5 Å². The zero-order valence-electron chi connectivity index (χ0n) is 7.53. The van der Waals surface area contributed by atoms with Crippen LogP contribution in [0, 0.1) is 5.92 Å². The van der Waals surface area contributed by atoms with Crippen LogP contribution in [0.3, 0.4) is 0 Å². The number of oxime groups is 1. The lowest BCUT2D eigenvalue weighted by atomic mass is 10.1. The van der Waals surface area contributed by atoms with Crippen molar-refractivity contribution in [3.63, 3.8) is 0 Å². The minimum atomic E-state index is -0.500. The van der Waals surface area contributed by atoms with Crippen LogP contribution in [0.25, 0.3) is 0 Å². The van der Waals surface area contributed by atoms with Crippen LogP contribution in [0.2, 0.25) is 0 Å². The molecule has 0 radical (unpaired) electrons. The maximum atomic E-state index is 10.5. The summed E-state index contributed by atoms with van der Waals surface area (Å²) in [7, 11) is 0. The molecule has 0 saturated carbocycles. The number of nitrogens with zero attached hydrogens (tertiary/aromatic N) is 1. The third kappa shape index (κ3) is 2.22. The molecule has 0 aliphatic carbocycles. The van der Waals surface area contributed by atoms with E-state index >= 15 is 0 Å². The molecule has 0 N–H and O–H groups in total. The van der Waals surface area contributed by atoms with Crippen LogP contribution < -0.4 is 0 Å². The molecule has 1 aliphatic heterocycles. The third-order valence-corrected chi connectivity index (χ3v) is 1.63. The van der Waals surface area contributed by atoms with E-state index in [-0.39, 0.29) is 5.97 Å². The highest BCUT2D eigenvalue weighted by Crippen LogP contribution is 2.16. The molecule has 68 valence electrons. The molecular weight excluding hydrogens is 158 g/mol. The van der Waals surface area contributed by atoms with E-state index in [2.05, 4.69) is 5.16 Å². The first-order valence-corrected chi connectivity index (χ1v) is 3.99. The Kier molecular flexibility index (Phi) is 2.68. The summed E-state index contributed by atoms with van der Waals surface area (Å²) in [4.78, 5) is 15.4. The summed E-state index contributed by atoms with van der Waals surface area (Å²) in [6.45, 7) is 5.41. The Hall–Kier alpha value is -1.06. The van der Waals surface area contributed by atoms with E-state index in [0.29, 0.717) is 12.3 Å². The molecule has 1 atom stereocenters. The lowest BCUT2D eigenvalue weighted by Crippen LogP contribution is -2.17. The number of hydrogen-bond acceptors (Lipinski definition) is 4. The first-order chi connectivity index (χ1) is 5.59. The van der Waals surface area contributed by atoms with Crippen LogP contribution in [0.4, 0.5) is 0 Å². The van der Waals surface area contributed by atoms with Crippen molar-refractivity contribution < 1.29 is 14.4 Å². The minimum absolute atomic E-state index is 0.333. The molecule has 0 aromatic heterocycles. The van der Waals surface area contributed by atoms with Gasteiger partial charge in [-0.15, -0.1) is 0 Å². The smallest absolute Gasteiger partial charge is 0.305 e. The van der Waals surface area contributed by atoms with E-state index in [1.807, 2.05) is 13.8 Å². The summed E-state index contributed by atoms with van der Waals surface area (Å²) in [5.41, 5.74) is 0.946. The Morgan fingerprint density at radius 3 is 2.83 bits per heavy atom. The number of rotatable bonds is 2. The van der Waals surface area contributed by atoms with E-state index in [1.165, 1.54) is 6.92 Å². The maximum absolute atomic E-state index is 10.5. The van der Waals surface area contributed by atoms with Crippen molar-refractivity contribution in [3.05, 3.63) is 0 Å². The molecule has 0 fully saturated rings. The predicted molar refractivity (Wildman–Crippen MR) is 43.5 cm³/mol. The number of esters is 1. The Morgan fingerprint density at radius 1 is 1.75 bits per heavy atom. The van der Waals surface area contributed by atoms with Gasteiger partial charge in [0.25, 0.3) is 6.29 Å². The highest BCUT2D eigenvalue weighted by molar-refractivity contribution is 5.87. The second-order valence-corrected chi connectivity index (χ2v) is 3.09. The fourth-order valence-corrected chi connectivity index (χ4v) is 0.961. The van der Waals surface area contributed by atoms with E-state index in [4.69, 9.17) is 9.57 Å². The second-order valence-electron chi connectivity index (χ2n) is 3.09.